The SMILES string of the molecule is CN=C(NCCCOCCOC)NCC(CC(C)C)N(C)C.I. The van der Waals surface area contributed by atoms with Gasteiger partial charge in [0.25, 0.3) is 0 Å². The number of aliphatic imine (C=N–C) groups is 1. The van der Waals surface area contributed by atoms with E-state index in [-0.39, 0.29) is 24.0 Å². The summed E-state index contributed by atoms with van der Waals surface area (Å²) >= 11 is 0. The highest BCUT2D eigenvalue weighted by Gasteiger charge is 2.13. The second kappa shape index (κ2) is 16.7. The quantitative estimate of drug-likeness (QED) is 0.208. The summed E-state index contributed by atoms with van der Waals surface area (Å²) in [5, 5.41) is 6.72. The summed E-state index contributed by atoms with van der Waals surface area (Å²) in [5.74, 6) is 1.54. The molecule has 0 fully saturated rings. The van der Waals surface area contributed by atoms with Crippen LogP contribution in [0.15, 0.2) is 4.99 Å². The molecule has 0 saturated heterocycles. The van der Waals surface area contributed by atoms with E-state index in [2.05, 4.69) is 48.5 Å². The molecule has 0 saturated carbocycles. The van der Waals surface area contributed by atoms with Gasteiger partial charge in [-0.25, -0.2) is 0 Å². The Kier molecular flexibility index (Phi) is 18.3. The van der Waals surface area contributed by atoms with Gasteiger partial charge in [-0.3, -0.25) is 4.99 Å². The topological polar surface area (TPSA) is 58.1 Å². The van der Waals surface area contributed by atoms with Crippen molar-refractivity contribution in [3.05, 3.63) is 0 Å². The lowest BCUT2D eigenvalue weighted by Crippen LogP contribution is -2.45. The van der Waals surface area contributed by atoms with Crippen LogP contribution in [0.4, 0.5) is 0 Å². The highest BCUT2D eigenvalue weighted by Crippen LogP contribution is 2.07. The predicted molar refractivity (Wildman–Crippen MR) is 109 cm³/mol. The highest BCUT2D eigenvalue weighted by atomic mass is 127. The standard InChI is InChI=1S/C16H36N4O2.HI/c1-14(2)12-15(20(4)5)13-19-16(17-3)18-8-7-9-22-11-10-21-6;/h14-15H,7-13H2,1-6H3,(H2,17,18,19);1H. The van der Waals surface area contributed by atoms with Gasteiger partial charge >= 0.3 is 0 Å². The lowest BCUT2D eigenvalue weighted by atomic mass is 10.0. The van der Waals surface area contributed by atoms with Crippen molar-refractivity contribution in [2.45, 2.75) is 32.7 Å². The van der Waals surface area contributed by atoms with E-state index in [9.17, 15) is 0 Å². The molecule has 6 nitrogen and oxygen atoms in total. The molecule has 23 heavy (non-hydrogen) atoms. The van der Waals surface area contributed by atoms with Crippen LogP contribution in [0.25, 0.3) is 0 Å². The van der Waals surface area contributed by atoms with Crippen molar-refractivity contribution in [3.8, 4) is 0 Å². The summed E-state index contributed by atoms with van der Waals surface area (Å²) < 4.78 is 10.4. The van der Waals surface area contributed by atoms with E-state index >= 15 is 0 Å². The Balaban J connectivity index is 0. The van der Waals surface area contributed by atoms with Crippen LogP contribution in [0.3, 0.4) is 0 Å². The summed E-state index contributed by atoms with van der Waals surface area (Å²) in [4.78, 5) is 6.53. The normalized spacial score (nSPS) is 13.1. The van der Waals surface area contributed by atoms with Crippen molar-refractivity contribution in [2.24, 2.45) is 10.9 Å². The largest absolute Gasteiger partial charge is 0.382 e. The maximum Gasteiger partial charge on any atom is 0.191 e. The van der Waals surface area contributed by atoms with Gasteiger partial charge in [-0.05, 0) is 32.9 Å². The number of halogens is 1. The Morgan fingerprint density at radius 1 is 1.13 bits per heavy atom. The molecule has 1 atom stereocenters. The fourth-order valence-corrected chi connectivity index (χ4v) is 2.08. The first kappa shape index (κ1) is 25.1. The van der Waals surface area contributed by atoms with Gasteiger partial charge in [-0.2, -0.15) is 0 Å². The van der Waals surface area contributed by atoms with E-state index in [0.717, 1.165) is 32.1 Å². The van der Waals surface area contributed by atoms with Gasteiger partial charge in [0.15, 0.2) is 5.96 Å². The van der Waals surface area contributed by atoms with Crippen LogP contribution >= 0.6 is 24.0 Å². The zero-order valence-corrected chi connectivity index (χ0v) is 18.1. The van der Waals surface area contributed by atoms with Crippen molar-refractivity contribution >= 4 is 29.9 Å². The molecule has 0 bridgehead atoms. The molecule has 0 aromatic rings. The third-order valence-corrected chi connectivity index (χ3v) is 3.39. The number of nitrogens with zero attached hydrogens (tertiary/aromatic N) is 2. The van der Waals surface area contributed by atoms with Crippen molar-refractivity contribution in [1.82, 2.24) is 15.5 Å². The van der Waals surface area contributed by atoms with Gasteiger partial charge in [-0.1, -0.05) is 13.8 Å². The van der Waals surface area contributed by atoms with E-state index in [0.29, 0.717) is 25.2 Å². The number of hydrogen-bond donors (Lipinski definition) is 2. The number of ether oxygens (including phenoxy) is 2. The van der Waals surface area contributed by atoms with Crippen LogP contribution in [0, 0.1) is 5.92 Å². The van der Waals surface area contributed by atoms with E-state index < -0.39 is 0 Å². The van der Waals surface area contributed by atoms with Crippen molar-refractivity contribution in [3.63, 3.8) is 0 Å². The third-order valence-electron chi connectivity index (χ3n) is 3.39. The van der Waals surface area contributed by atoms with Crippen molar-refractivity contribution in [2.75, 3.05) is 61.2 Å². The van der Waals surface area contributed by atoms with Crippen LogP contribution in [0.1, 0.15) is 26.7 Å². The Morgan fingerprint density at radius 3 is 2.35 bits per heavy atom. The summed E-state index contributed by atoms with van der Waals surface area (Å²) in [6, 6.07) is 0.510. The number of rotatable bonds is 12. The minimum absolute atomic E-state index is 0. The average Bonchev–Trinajstić information content (AvgIpc) is 2.47. The molecule has 7 heteroatoms. The molecule has 140 valence electrons. The molecule has 0 aliphatic carbocycles. The molecular formula is C16H37IN4O2. The number of methoxy groups -OCH3 is 1. The Bertz CT molecular complexity index is 289. The minimum atomic E-state index is 0. The molecule has 1 unspecified atom stereocenters. The van der Waals surface area contributed by atoms with Gasteiger partial charge in [0.05, 0.1) is 13.2 Å². The number of guanidine groups is 1. The molecular weight excluding hydrogens is 407 g/mol. The number of hydrogen-bond acceptors (Lipinski definition) is 4. The molecule has 0 heterocycles. The summed E-state index contributed by atoms with van der Waals surface area (Å²) in [7, 11) is 7.74. The van der Waals surface area contributed by atoms with Gasteiger partial charge < -0.3 is 25.0 Å². The molecule has 0 aliphatic rings. The molecule has 0 amide bonds. The predicted octanol–water partition coefficient (Wildman–Crippen LogP) is 1.80. The highest BCUT2D eigenvalue weighted by molar-refractivity contribution is 14.0. The number of likely N-dealkylation sites (N-methyl/N-ethyl adjacent to an activating group) is 1. The van der Waals surface area contributed by atoms with E-state index in [1.807, 2.05) is 0 Å². The first-order valence-corrected chi connectivity index (χ1v) is 8.18. The van der Waals surface area contributed by atoms with Crippen molar-refractivity contribution in [1.29, 1.82) is 0 Å². The van der Waals surface area contributed by atoms with Crippen LogP contribution < -0.4 is 10.6 Å². The fourth-order valence-electron chi connectivity index (χ4n) is 2.08. The zero-order chi connectivity index (χ0) is 16.8. The molecule has 0 aliphatic heterocycles. The number of nitrogens with one attached hydrogen (secondary N) is 2. The summed E-state index contributed by atoms with van der Waals surface area (Å²) in [6.45, 7) is 8.31. The summed E-state index contributed by atoms with van der Waals surface area (Å²) in [5.41, 5.74) is 0. The fraction of sp³-hybridized carbons (Fsp3) is 0.938. The summed E-state index contributed by atoms with van der Waals surface area (Å²) in [6.07, 6.45) is 2.12. The second-order valence-electron chi connectivity index (χ2n) is 6.09. The van der Waals surface area contributed by atoms with Crippen LogP contribution in [-0.2, 0) is 9.47 Å². The van der Waals surface area contributed by atoms with Crippen LogP contribution in [0.2, 0.25) is 0 Å². The Morgan fingerprint density at radius 2 is 1.83 bits per heavy atom. The van der Waals surface area contributed by atoms with E-state index in [1.54, 1.807) is 14.2 Å². The first-order chi connectivity index (χ1) is 10.5. The lowest BCUT2D eigenvalue weighted by molar-refractivity contribution is 0.0698. The smallest absolute Gasteiger partial charge is 0.191 e. The molecule has 0 radical (unpaired) electrons. The Hall–Kier alpha value is -0.120. The molecule has 2 N–H and O–H groups in total. The van der Waals surface area contributed by atoms with Gasteiger partial charge in [0, 0.05) is 39.9 Å². The second-order valence-corrected chi connectivity index (χ2v) is 6.09. The molecule has 0 rings (SSSR count). The maximum absolute atomic E-state index is 5.43. The molecule has 0 aromatic carbocycles. The van der Waals surface area contributed by atoms with Crippen molar-refractivity contribution < 1.29 is 9.47 Å². The van der Waals surface area contributed by atoms with E-state index in [1.165, 1.54) is 6.42 Å². The van der Waals surface area contributed by atoms with E-state index in [4.69, 9.17) is 9.47 Å². The zero-order valence-electron chi connectivity index (χ0n) is 15.7. The van der Waals surface area contributed by atoms with Gasteiger partial charge in [0.1, 0.15) is 0 Å². The van der Waals surface area contributed by atoms with Gasteiger partial charge in [-0.15, -0.1) is 24.0 Å². The minimum Gasteiger partial charge on any atom is -0.382 e. The average molecular weight is 444 g/mol. The monoisotopic (exact) mass is 444 g/mol. The van der Waals surface area contributed by atoms with Crippen LogP contribution in [-0.4, -0.2) is 78.1 Å². The first-order valence-electron chi connectivity index (χ1n) is 8.18. The molecule has 0 aromatic heterocycles. The third kappa shape index (κ3) is 15.2. The van der Waals surface area contributed by atoms with Gasteiger partial charge in [0.2, 0.25) is 0 Å². The Labute approximate surface area is 159 Å². The lowest BCUT2D eigenvalue weighted by Gasteiger charge is -2.27. The maximum atomic E-state index is 5.43. The van der Waals surface area contributed by atoms with Crippen LogP contribution in [0.5, 0.6) is 0 Å². The molecule has 0 spiro atoms.